The molecule has 1 aromatic rings. The monoisotopic (exact) mass is 290 g/mol. The largest absolute Gasteiger partial charge is 0.382 e. The van der Waals surface area contributed by atoms with Crippen LogP contribution in [0.15, 0.2) is 30.3 Å². The molecule has 1 N–H and O–H groups in total. The average Bonchev–Trinajstić information content (AvgIpc) is 2.51. The minimum Gasteiger partial charge on any atom is -0.382 e. The Morgan fingerprint density at radius 1 is 1.29 bits per heavy atom. The first-order chi connectivity index (χ1) is 10.1. The summed E-state index contributed by atoms with van der Waals surface area (Å²) in [4.78, 5) is 26.4. The third-order valence-electron chi connectivity index (χ3n) is 3.89. The van der Waals surface area contributed by atoms with Gasteiger partial charge in [-0.1, -0.05) is 30.3 Å². The van der Waals surface area contributed by atoms with E-state index in [2.05, 4.69) is 5.32 Å². The van der Waals surface area contributed by atoms with Gasteiger partial charge in [-0.25, -0.2) is 0 Å². The van der Waals surface area contributed by atoms with Gasteiger partial charge < -0.3 is 15.0 Å². The average molecular weight is 290 g/mol. The van der Waals surface area contributed by atoms with Crippen LogP contribution in [0.5, 0.6) is 0 Å². The number of nitrogens with one attached hydrogen (secondary N) is 1. The number of carbonyl (C=O) groups is 2. The van der Waals surface area contributed by atoms with E-state index in [9.17, 15) is 9.59 Å². The van der Waals surface area contributed by atoms with Crippen molar-refractivity contribution >= 4 is 11.8 Å². The standard InChI is InChI=1S/C16H22N2O3/c1-3-21-11-7-10-18-14(19)12-17-15(20)16(18,2)13-8-5-4-6-9-13/h4-6,8-9H,3,7,10-12H2,1-2H3,(H,17,20). The molecule has 0 spiro atoms. The van der Waals surface area contributed by atoms with E-state index in [0.717, 1.165) is 12.0 Å². The molecule has 1 heterocycles. The predicted molar refractivity (Wildman–Crippen MR) is 79.6 cm³/mol. The van der Waals surface area contributed by atoms with Crippen molar-refractivity contribution in [1.29, 1.82) is 0 Å². The SMILES string of the molecule is CCOCCCN1C(=O)CNC(=O)C1(C)c1ccccc1. The van der Waals surface area contributed by atoms with Crippen LogP contribution < -0.4 is 5.32 Å². The zero-order valence-corrected chi connectivity index (χ0v) is 12.6. The van der Waals surface area contributed by atoms with Crippen LogP contribution in [0.2, 0.25) is 0 Å². The number of nitrogens with zero attached hydrogens (tertiary/aromatic N) is 1. The first-order valence-corrected chi connectivity index (χ1v) is 7.32. The van der Waals surface area contributed by atoms with Crippen molar-refractivity contribution in [2.75, 3.05) is 26.3 Å². The Hall–Kier alpha value is -1.88. The normalized spacial score (nSPS) is 22.3. The first kappa shape index (κ1) is 15.5. The third-order valence-corrected chi connectivity index (χ3v) is 3.89. The molecule has 1 aliphatic heterocycles. The van der Waals surface area contributed by atoms with Crippen LogP contribution in [0.3, 0.4) is 0 Å². The summed E-state index contributed by atoms with van der Waals surface area (Å²) in [7, 11) is 0. The molecule has 0 radical (unpaired) electrons. The van der Waals surface area contributed by atoms with Crippen molar-refractivity contribution in [2.45, 2.75) is 25.8 Å². The quantitative estimate of drug-likeness (QED) is 0.803. The van der Waals surface area contributed by atoms with Crippen molar-refractivity contribution in [2.24, 2.45) is 0 Å². The van der Waals surface area contributed by atoms with Crippen LogP contribution in [0.1, 0.15) is 25.8 Å². The van der Waals surface area contributed by atoms with Crippen molar-refractivity contribution < 1.29 is 14.3 Å². The minimum atomic E-state index is -0.956. The van der Waals surface area contributed by atoms with Crippen molar-refractivity contribution in [3.05, 3.63) is 35.9 Å². The molecule has 0 aromatic heterocycles. The Balaban J connectivity index is 2.24. The summed E-state index contributed by atoms with van der Waals surface area (Å²) in [6.07, 6.45) is 0.718. The summed E-state index contributed by atoms with van der Waals surface area (Å²) in [5, 5.41) is 2.69. The third kappa shape index (κ3) is 3.08. The van der Waals surface area contributed by atoms with E-state index in [4.69, 9.17) is 4.74 Å². The van der Waals surface area contributed by atoms with E-state index in [1.165, 1.54) is 0 Å². The van der Waals surface area contributed by atoms with Gasteiger partial charge >= 0.3 is 0 Å². The summed E-state index contributed by atoms with van der Waals surface area (Å²) in [5.74, 6) is -0.192. The van der Waals surface area contributed by atoms with Gasteiger partial charge in [-0.3, -0.25) is 9.59 Å². The molecule has 1 atom stereocenters. The van der Waals surface area contributed by atoms with E-state index in [1.807, 2.05) is 37.3 Å². The molecule has 0 aliphatic carbocycles. The van der Waals surface area contributed by atoms with Gasteiger partial charge in [0.2, 0.25) is 5.91 Å². The number of carbonyl (C=O) groups excluding carboxylic acids is 2. The summed E-state index contributed by atoms with van der Waals surface area (Å²) in [6.45, 7) is 5.56. The van der Waals surface area contributed by atoms with E-state index in [0.29, 0.717) is 19.8 Å². The van der Waals surface area contributed by atoms with E-state index >= 15 is 0 Å². The Kier molecular flexibility index (Phi) is 4.96. The second kappa shape index (κ2) is 6.72. The zero-order valence-electron chi connectivity index (χ0n) is 12.6. The fourth-order valence-electron chi connectivity index (χ4n) is 2.66. The van der Waals surface area contributed by atoms with Gasteiger partial charge in [-0.05, 0) is 25.8 Å². The molecule has 5 heteroatoms. The molecule has 114 valence electrons. The number of benzene rings is 1. The van der Waals surface area contributed by atoms with Crippen LogP contribution in [0.25, 0.3) is 0 Å². The van der Waals surface area contributed by atoms with E-state index in [1.54, 1.807) is 11.8 Å². The number of piperazine rings is 1. The lowest BCUT2D eigenvalue weighted by molar-refractivity contribution is -0.153. The number of amides is 2. The smallest absolute Gasteiger partial charge is 0.250 e. The number of hydrogen-bond acceptors (Lipinski definition) is 3. The van der Waals surface area contributed by atoms with Gasteiger partial charge in [-0.15, -0.1) is 0 Å². The molecular weight excluding hydrogens is 268 g/mol. The van der Waals surface area contributed by atoms with Crippen LogP contribution in [-0.4, -0.2) is 43.0 Å². The molecular formula is C16H22N2O3. The molecule has 2 rings (SSSR count). The lowest BCUT2D eigenvalue weighted by Gasteiger charge is -2.43. The van der Waals surface area contributed by atoms with Crippen LogP contribution in [-0.2, 0) is 19.9 Å². The number of hydrogen-bond donors (Lipinski definition) is 1. The van der Waals surface area contributed by atoms with Crippen LogP contribution >= 0.6 is 0 Å². The maximum Gasteiger partial charge on any atom is 0.250 e. The Morgan fingerprint density at radius 2 is 2.00 bits per heavy atom. The van der Waals surface area contributed by atoms with Crippen molar-refractivity contribution in [3.8, 4) is 0 Å². The first-order valence-electron chi connectivity index (χ1n) is 7.32. The Morgan fingerprint density at radius 3 is 2.67 bits per heavy atom. The maximum absolute atomic E-state index is 12.4. The van der Waals surface area contributed by atoms with Crippen molar-refractivity contribution in [1.82, 2.24) is 10.2 Å². The fraction of sp³-hybridized carbons (Fsp3) is 0.500. The molecule has 1 aliphatic rings. The highest BCUT2D eigenvalue weighted by molar-refractivity contribution is 5.98. The molecule has 1 aromatic carbocycles. The van der Waals surface area contributed by atoms with Gasteiger partial charge in [0.05, 0.1) is 6.54 Å². The van der Waals surface area contributed by atoms with Gasteiger partial charge in [0, 0.05) is 19.8 Å². The second-order valence-electron chi connectivity index (χ2n) is 5.22. The topological polar surface area (TPSA) is 58.6 Å². The van der Waals surface area contributed by atoms with Gasteiger partial charge in [0.1, 0.15) is 5.54 Å². The fourth-order valence-corrected chi connectivity index (χ4v) is 2.66. The molecule has 1 fully saturated rings. The maximum atomic E-state index is 12.4. The highest BCUT2D eigenvalue weighted by Gasteiger charge is 2.46. The number of ether oxygens (including phenoxy) is 1. The Bertz CT molecular complexity index is 504. The van der Waals surface area contributed by atoms with Gasteiger partial charge in [0.25, 0.3) is 5.91 Å². The highest BCUT2D eigenvalue weighted by atomic mass is 16.5. The molecule has 2 amide bonds. The number of rotatable bonds is 6. The summed E-state index contributed by atoms with van der Waals surface area (Å²) >= 11 is 0. The lowest BCUT2D eigenvalue weighted by atomic mass is 9.87. The molecule has 0 bridgehead atoms. The summed E-state index contributed by atoms with van der Waals surface area (Å²) in [5.41, 5.74) is -0.130. The van der Waals surface area contributed by atoms with Gasteiger partial charge in [-0.2, -0.15) is 0 Å². The molecule has 5 nitrogen and oxygen atoms in total. The van der Waals surface area contributed by atoms with E-state index in [-0.39, 0.29) is 18.4 Å². The second-order valence-corrected chi connectivity index (χ2v) is 5.22. The molecule has 21 heavy (non-hydrogen) atoms. The molecule has 1 saturated heterocycles. The van der Waals surface area contributed by atoms with Crippen LogP contribution in [0.4, 0.5) is 0 Å². The minimum absolute atomic E-state index is 0.0579. The molecule has 0 saturated carbocycles. The summed E-state index contributed by atoms with van der Waals surface area (Å²) in [6, 6.07) is 9.42. The predicted octanol–water partition coefficient (Wildman–Crippen LogP) is 1.29. The van der Waals surface area contributed by atoms with Crippen LogP contribution in [0, 0.1) is 0 Å². The lowest BCUT2D eigenvalue weighted by Crippen LogP contribution is -2.64. The van der Waals surface area contributed by atoms with E-state index < -0.39 is 5.54 Å². The Labute approximate surface area is 125 Å². The molecule has 1 unspecified atom stereocenters. The summed E-state index contributed by atoms with van der Waals surface area (Å²) < 4.78 is 5.32. The zero-order chi connectivity index (χ0) is 15.3. The van der Waals surface area contributed by atoms with Gasteiger partial charge in [0.15, 0.2) is 0 Å². The highest BCUT2D eigenvalue weighted by Crippen LogP contribution is 2.31. The van der Waals surface area contributed by atoms with Crippen molar-refractivity contribution in [3.63, 3.8) is 0 Å².